The third kappa shape index (κ3) is 15.1. The molecule has 3 aliphatic rings. The van der Waals surface area contributed by atoms with Crippen molar-refractivity contribution in [3.63, 3.8) is 0 Å². The number of benzene rings is 2. The fourth-order valence-electron chi connectivity index (χ4n) is 9.49. The van der Waals surface area contributed by atoms with Gasteiger partial charge in [0.05, 0.1) is 40.5 Å². The second kappa shape index (κ2) is 24.7. The SMILES string of the molecule is Cc1ncsc1-c1ccc(CNC(=O)[C@@H]2C[C@@H](O)CN2C(=O)[C@@H](NC(=O)CCCCCCCOC[C@H](CCC(N)=O)NC(=O)[C@@H]2Cc3cccc4c3N2C(=O)[C@@H](NC(=O)OC(C)(C)C)CC4)C(C)(C)C)cc1. The fraction of sp³-hybridized carbons (Fsp3) is 0.585. The van der Waals surface area contributed by atoms with Crippen LogP contribution in [-0.4, -0.2) is 118 Å². The Morgan fingerprint density at radius 1 is 0.903 bits per heavy atom. The normalized spacial score (nSPS) is 19.5. The van der Waals surface area contributed by atoms with Crippen molar-refractivity contribution in [1.82, 2.24) is 31.2 Å². The van der Waals surface area contributed by atoms with Gasteiger partial charge < -0.3 is 46.5 Å². The lowest BCUT2D eigenvalue weighted by Crippen LogP contribution is -2.57. The number of β-amino-alcohol motifs (C(OH)–C–C–N with tert-alkyl or cyclic N) is 1. The Labute approximate surface area is 426 Å². The Hall–Kier alpha value is -5.92. The number of unbranched alkanes of at least 4 members (excludes halogenated alkanes) is 4. The number of likely N-dealkylation sites (tertiary alicyclic amines) is 1. The molecular weight excluding hydrogens is 941 g/mol. The topological polar surface area (TPSA) is 252 Å². The highest BCUT2D eigenvalue weighted by molar-refractivity contribution is 7.13. The second-order valence-electron chi connectivity index (χ2n) is 21.3. The largest absolute Gasteiger partial charge is 0.444 e. The number of hydrogen-bond donors (Lipinski definition) is 6. The first-order chi connectivity index (χ1) is 34.1. The number of thiazole rings is 1. The summed E-state index contributed by atoms with van der Waals surface area (Å²) in [4.78, 5) is 102. The van der Waals surface area contributed by atoms with Crippen LogP contribution < -0.4 is 31.9 Å². The van der Waals surface area contributed by atoms with Gasteiger partial charge in [-0.3, -0.25) is 33.7 Å². The van der Waals surface area contributed by atoms with Crippen molar-refractivity contribution in [3.8, 4) is 10.4 Å². The minimum absolute atomic E-state index is 0.00961. The number of aromatic nitrogens is 1. The van der Waals surface area contributed by atoms with Gasteiger partial charge in [0, 0.05) is 45.4 Å². The molecule has 0 bridgehead atoms. The maximum atomic E-state index is 14.1. The molecule has 4 heterocycles. The number of nitrogens with zero attached hydrogens (tertiary/aromatic N) is 3. The Balaban J connectivity index is 0.921. The Morgan fingerprint density at radius 3 is 2.29 bits per heavy atom. The van der Waals surface area contributed by atoms with Crippen LogP contribution in [0, 0.1) is 12.3 Å². The van der Waals surface area contributed by atoms with Gasteiger partial charge in [-0.05, 0) is 87.5 Å². The Morgan fingerprint density at radius 2 is 1.61 bits per heavy atom. The summed E-state index contributed by atoms with van der Waals surface area (Å²) in [5.41, 5.74) is 11.2. The molecule has 6 rings (SSSR count). The number of nitrogens with two attached hydrogens (primary N) is 1. The number of anilines is 1. The Kier molecular flexibility index (Phi) is 19.0. The van der Waals surface area contributed by atoms with E-state index in [1.807, 2.05) is 75.7 Å². The maximum Gasteiger partial charge on any atom is 0.408 e. The van der Waals surface area contributed by atoms with Gasteiger partial charge in [-0.1, -0.05) is 82.5 Å². The molecule has 19 heteroatoms. The van der Waals surface area contributed by atoms with Crippen molar-refractivity contribution in [1.29, 1.82) is 0 Å². The number of rotatable bonds is 22. The third-order valence-electron chi connectivity index (χ3n) is 13.2. The number of hydrogen-bond acceptors (Lipinski definition) is 12. The summed E-state index contributed by atoms with van der Waals surface area (Å²) in [5.74, 6) is -2.36. The monoisotopic (exact) mass is 1010 g/mol. The van der Waals surface area contributed by atoms with Crippen LogP contribution in [0.3, 0.4) is 0 Å². The molecule has 7 amide bonds. The molecule has 2 aromatic carbocycles. The van der Waals surface area contributed by atoms with Gasteiger partial charge in [-0.15, -0.1) is 11.3 Å². The number of primary amides is 1. The highest BCUT2D eigenvalue weighted by Gasteiger charge is 2.46. The number of carbonyl (C=O) groups excluding carboxylic acids is 7. The Bertz CT molecular complexity index is 2410. The molecule has 0 spiro atoms. The van der Waals surface area contributed by atoms with Crippen molar-refractivity contribution >= 4 is 58.6 Å². The zero-order chi connectivity index (χ0) is 52.3. The van der Waals surface area contributed by atoms with Crippen LogP contribution in [0.4, 0.5) is 10.5 Å². The van der Waals surface area contributed by atoms with E-state index in [1.54, 1.807) is 32.1 Å². The number of alkyl carbamates (subject to hydrolysis) is 1. The number of aliphatic hydroxyl groups is 1. The summed E-state index contributed by atoms with van der Waals surface area (Å²) in [6.07, 6.45) is 3.87. The molecule has 18 nitrogen and oxygen atoms in total. The van der Waals surface area contributed by atoms with Crippen molar-refractivity contribution in [2.24, 2.45) is 11.1 Å². The van der Waals surface area contributed by atoms with Gasteiger partial charge in [-0.25, -0.2) is 9.78 Å². The van der Waals surface area contributed by atoms with Crippen molar-refractivity contribution in [3.05, 3.63) is 70.4 Å². The molecule has 6 atom stereocenters. The summed E-state index contributed by atoms with van der Waals surface area (Å²) < 4.78 is 11.4. The molecule has 7 N–H and O–H groups in total. The first-order valence-electron chi connectivity index (χ1n) is 25.2. The minimum Gasteiger partial charge on any atom is -0.444 e. The highest BCUT2D eigenvalue weighted by Crippen LogP contribution is 2.39. The molecule has 0 aliphatic carbocycles. The van der Waals surface area contributed by atoms with E-state index in [-0.39, 0.29) is 63.6 Å². The van der Waals surface area contributed by atoms with E-state index in [9.17, 15) is 38.7 Å². The van der Waals surface area contributed by atoms with Crippen LogP contribution in [0.15, 0.2) is 48.0 Å². The number of para-hydroxylation sites is 1. The summed E-state index contributed by atoms with van der Waals surface area (Å²) in [7, 11) is 0. The van der Waals surface area contributed by atoms with Crippen LogP contribution >= 0.6 is 11.3 Å². The van der Waals surface area contributed by atoms with Gasteiger partial charge in [0.2, 0.25) is 35.4 Å². The molecule has 392 valence electrons. The average molecular weight is 1020 g/mol. The van der Waals surface area contributed by atoms with Gasteiger partial charge >= 0.3 is 6.09 Å². The summed E-state index contributed by atoms with van der Waals surface area (Å²) >= 11 is 1.57. The molecule has 0 radical (unpaired) electrons. The van der Waals surface area contributed by atoms with E-state index in [0.717, 1.165) is 52.1 Å². The molecule has 1 saturated heterocycles. The number of amides is 7. The number of ether oxygens (including phenoxy) is 2. The molecule has 1 fully saturated rings. The molecule has 3 aromatic rings. The first kappa shape index (κ1) is 55.4. The van der Waals surface area contributed by atoms with Crippen LogP contribution in [0.25, 0.3) is 10.4 Å². The number of aryl methyl sites for hydroxylation is 2. The first-order valence-corrected chi connectivity index (χ1v) is 26.1. The summed E-state index contributed by atoms with van der Waals surface area (Å²) in [6, 6.07) is 9.47. The number of carbonyl (C=O) groups is 7. The number of nitrogens with one attached hydrogen (secondary N) is 4. The second-order valence-corrected chi connectivity index (χ2v) is 22.2. The van der Waals surface area contributed by atoms with E-state index >= 15 is 0 Å². The molecule has 1 aromatic heterocycles. The van der Waals surface area contributed by atoms with E-state index in [4.69, 9.17) is 15.2 Å². The predicted molar refractivity (Wildman–Crippen MR) is 273 cm³/mol. The predicted octanol–water partition coefficient (Wildman–Crippen LogP) is 5.13. The molecular formula is C53H74N8O10S. The lowest BCUT2D eigenvalue weighted by Gasteiger charge is -2.35. The van der Waals surface area contributed by atoms with Crippen LogP contribution in [0.1, 0.15) is 128 Å². The van der Waals surface area contributed by atoms with Gasteiger partial charge in [-0.2, -0.15) is 0 Å². The van der Waals surface area contributed by atoms with Gasteiger partial charge in [0.25, 0.3) is 0 Å². The summed E-state index contributed by atoms with van der Waals surface area (Å²) in [5, 5.41) is 22.2. The van der Waals surface area contributed by atoms with Gasteiger partial charge in [0.1, 0.15) is 29.8 Å². The quantitative estimate of drug-likeness (QED) is 0.0720. The molecule has 3 aliphatic heterocycles. The number of aliphatic hydroxyl groups excluding tert-OH is 1. The maximum absolute atomic E-state index is 14.1. The van der Waals surface area contributed by atoms with Crippen molar-refractivity contribution in [2.75, 3.05) is 24.7 Å². The van der Waals surface area contributed by atoms with Crippen LogP contribution in [0.2, 0.25) is 0 Å². The lowest BCUT2D eigenvalue weighted by molar-refractivity contribution is -0.144. The smallest absolute Gasteiger partial charge is 0.408 e. The standard InChI is InChI=1S/C53H74N8O10S/c1-32-45(72-31-56-32)35-19-17-33(18-20-35)28-55-47(65)40-27-38(62)29-60(40)50(68)46(52(2,3)4)59-43(64)16-11-9-8-10-12-25-70-30-37(22-24-42(54)63)57-48(66)41-26-36-15-13-14-34-21-23-39(49(67)61(41)44(34)36)58-51(69)71-53(5,6)7/h13-15,17-20,31,37-41,46,62H,8-12,16,21-30H2,1-7H3,(H2,54,63)(H,55,65)(H,57,66)(H,58,69)(H,59,64)/t37-,38+,39-,40-,41-,46+/m0/s1. The zero-order valence-corrected chi connectivity index (χ0v) is 43.7. The fourth-order valence-corrected chi connectivity index (χ4v) is 10.3. The van der Waals surface area contributed by atoms with E-state index < -0.39 is 77.1 Å². The van der Waals surface area contributed by atoms with E-state index in [2.05, 4.69) is 26.3 Å². The zero-order valence-electron chi connectivity index (χ0n) is 42.8. The lowest BCUT2D eigenvalue weighted by atomic mass is 9.85. The van der Waals surface area contributed by atoms with Gasteiger partial charge in [0.15, 0.2) is 0 Å². The van der Waals surface area contributed by atoms with Crippen LogP contribution in [-0.2, 0) is 57.6 Å². The molecule has 0 unspecified atom stereocenters. The third-order valence-corrected chi connectivity index (χ3v) is 14.2. The minimum atomic E-state index is -0.915. The molecule has 0 saturated carbocycles. The highest BCUT2D eigenvalue weighted by atomic mass is 32.1. The van der Waals surface area contributed by atoms with Crippen molar-refractivity contribution in [2.45, 2.75) is 174 Å². The molecule has 72 heavy (non-hydrogen) atoms. The van der Waals surface area contributed by atoms with E-state index in [1.165, 1.54) is 9.80 Å². The average Bonchev–Trinajstić information content (AvgIpc) is 4.03. The van der Waals surface area contributed by atoms with Crippen LogP contribution in [0.5, 0.6) is 0 Å². The van der Waals surface area contributed by atoms with Crippen molar-refractivity contribution < 1.29 is 48.1 Å². The van der Waals surface area contributed by atoms with E-state index in [0.29, 0.717) is 38.0 Å². The summed E-state index contributed by atoms with van der Waals surface area (Å²) in [6.45, 7) is 13.5.